The first-order valence-corrected chi connectivity index (χ1v) is 10.9. The molecule has 0 bridgehead atoms. The van der Waals surface area contributed by atoms with Crippen molar-refractivity contribution in [2.24, 2.45) is 0 Å². The van der Waals surface area contributed by atoms with E-state index < -0.39 is 0 Å². The Morgan fingerprint density at radius 2 is 1.38 bits per heavy atom. The van der Waals surface area contributed by atoms with Gasteiger partial charge in [0.15, 0.2) is 0 Å². The number of hydrogen-bond donors (Lipinski definition) is 1. The number of rotatable bonds is 17. The quantitative estimate of drug-likeness (QED) is 0.245. The van der Waals surface area contributed by atoms with Crippen LogP contribution in [0.25, 0.3) is 0 Å². The number of hydrogen-bond acceptors (Lipinski definition) is 2. The van der Waals surface area contributed by atoms with Crippen molar-refractivity contribution in [2.45, 2.75) is 109 Å². The normalized spacial score (nSPS) is 18.0. The maximum atomic E-state index is 5.85. The molecule has 1 atom stereocenters. The summed E-state index contributed by atoms with van der Waals surface area (Å²) in [4.78, 5) is 0. The zero-order valence-electron chi connectivity index (χ0n) is 16.4. The van der Waals surface area contributed by atoms with Crippen LogP contribution in [0.3, 0.4) is 0 Å². The van der Waals surface area contributed by atoms with Gasteiger partial charge in [-0.15, -0.1) is 0 Å². The minimum absolute atomic E-state index is 0.494. The third-order valence-corrected chi connectivity index (χ3v) is 5.02. The molecule has 1 aliphatic rings. The first kappa shape index (κ1) is 21.7. The molecule has 2 nitrogen and oxygen atoms in total. The molecular formula is C22H43NO. The number of allylic oxidation sites excluding steroid dienone is 2. The summed E-state index contributed by atoms with van der Waals surface area (Å²) in [5.41, 5.74) is 0. The Bertz CT molecular complexity index is 271. The fourth-order valence-electron chi connectivity index (χ4n) is 3.37. The van der Waals surface area contributed by atoms with Crippen LogP contribution < -0.4 is 5.32 Å². The fourth-order valence-corrected chi connectivity index (χ4v) is 3.37. The number of nitrogens with one attached hydrogen (secondary N) is 1. The maximum absolute atomic E-state index is 5.85. The molecule has 1 heterocycles. The predicted octanol–water partition coefficient (Wildman–Crippen LogP) is 6.40. The average molecular weight is 338 g/mol. The van der Waals surface area contributed by atoms with Crippen molar-refractivity contribution >= 4 is 0 Å². The van der Waals surface area contributed by atoms with Crippen molar-refractivity contribution in [1.82, 2.24) is 5.32 Å². The summed E-state index contributed by atoms with van der Waals surface area (Å²) in [6.07, 6.45) is 25.7. The summed E-state index contributed by atoms with van der Waals surface area (Å²) >= 11 is 0. The lowest BCUT2D eigenvalue weighted by Gasteiger charge is -2.09. The van der Waals surface area contributed by atoms with E-state index in [2.05, 4.69) is 24.4 Å². The zero-order valence-corrected chi connectivity index (χ0v) is 16.4. The Morgan fingerprint density at radius 3 is 1.96 bits per heavy atom. The Kier molecular flexibility index (Phi) is 15.8. The molecule has 1 N–H and O–H groups in total. The van der Waals surface area contributed by atoms with Crippen LogP contribution in [-0.4, -0.2) is 25.8 Å². The van der Waals surface area contributed by atoms with E-state index in [0.717, 1.165) is 19.7 Å². The largest absolute Gasteiger partial charge is 0.377 e. The molecule has 24 heavy (non-hydrogen) atoms. The van der Waals surface area contributed by atoms with Crippen LogP contribution in [-0.2, 0) is 4.74 Å². The maximum Gasteiger partial charge on any atom is 0.0711 e. The third-order valence-electron chi connectivity index (χ3n) is 5.02. The topological polar surface area (TPSA) is 21.3 Å². The lowest BCUT2D eigenvalue weighted by molar-refractivity contribution is 0.0641. The molecule has 1 fully saturated rings. The van der Waals surface area contributed by atoms with Gasteiger partial charge in [0.1, 0.15) is 0 Å². The van der Waals surface area contributed by atoms with Gasteiger partial charge in [0, 0.05) is 13.2 Å². The Balaban J connectivity index is 1.68. The summed E-state index contributed by atoms with van der Waals surface area (Å²) in [5.74, 6) is 0. The van der Waals surface area contributed by atoms with Gasteiger partial charge in [-0.1, -0.05) is 76.9 Å². The molecule has 2 heteroatoms. The SMILES string of the molecule is CCCCCCCC/C=C\CCCCCCCCO[C@H]1CCNC1. The molecule has 142 valence electrons. The average Bonchev–Trinajstić information content (AvgIpc) is 3.11. The van der Waals surface area contributed by atoms with Gasteiger partial charge in [-0.05, 0) is 45.1 Å². The molecule has 1 rings (SSSR count). The van der Waals surface area contributed by atoms with Crippen LogP contribution >= 0.6 is 0 Å². The van der Waals surface area contributed by atoms with Crippen LogP contribution in [0.15, 0.2) is 12.2 Å². The van der Waals surface area contributed by atoms with Crippen LogP contribution in [0, 0.1) is 0 Å². The van der Waals surface area contributed by atoms with Crippen molar-refractivity contribution in [2.75, 3.05) is 19.7 Å². The molecule has 1 saturated heterocycles. The van der Waals surface area contributed by atoms with Gasteiger partial charge in [-0.25, -0.2) is 0 Å². The lowest BCUT2D eigenvalue weighted by Crippen LogP contribution is -2.17. The van der Waals surface area contributed by atoms with E-state index in [1.165, 1.54) is 96.3 Å². The van der Waals surface area contributed by atoms with Crippen molar-refractivity contribution in [1.29, 1.82) is 0 Å². The van der Waals surface area contributed by atoms with Gasteiger partial charge in [-0.3, -0.25) is 0 Å². The molecule has 0 spiro atoms. The molecule has 0 aromatic carbocycles. The van der Waals surface area contributed by atoms with Gasteiger partial charge in [0.05, 0.1) is 6.10 Å². The second kappa shape index (κ2) is 17.5. The molecule has 0 aromatic heterocycles. The highest BCUT2D eigenvalue weighted by molar-refractivity contribution is 4.81. The minimum Gasteiger partial charge on any atom is -0.377 e. The Morgan fingerprint density at radius 1 is 0.792 bits per heavy atom. The smallest absolute Gasteiger partial charge is 0.0711 e. The highest BCUT2D eigenvalue weighted by Gasteiger charge is 2.13. The zero-order chi connectivity index (χ0) is 17.1. The van der Waals surface area contributed by atoms with Gasteiger partial charge < -0.3 is 10.1 Å². The number of unbranched alkanes of at least 4 members (excludes halogenated alkanes) is 12. The minimum atomic E-state index is 0.494. The summed E-state index contributed by atoms with van der Waals surface area (Å²) in [6, 6.07) is 0. The Labute approximate surface area is 151 Å². The lowest BCUT2D eigenvalue weighted by atomic mass is 10.1. The highest BCUT2D eigenvalue weighted by Crippen LogP contribution is 2.10. The number of ether oxygens (including phenoxy) is 1. The molecule has 0 amide bonds. The molecular weight excluding hydrogens is 294 g/mol. The van der Waals surface area contributed by atoms with E-state index in [1.54, 1.807) is 0 Å². The van der Waals surface area contributed by atoms with Crippen molar-refractivity contribution < 1.29 is 4.74 Å². The van der Waals surface area contributed by atoms with Gasteiger partial charge in [-0.2, -0.15) is 0 Å². The van der Waals surface area contributed by atoms with E-state index in [9.17, 15) is 0 Å². The molecule has 0 saturated carbocycles. The van der Waals surface area contributed by atoms with Crippen LogP contribution in [0.1, 0.15) is 103 Å². The third kappa shape index (κ3) is 14.0. The van der Waals surface area contributed by atoms with E-state index in [0.29, 0.717) is 6.10 Å². The van der Waals surface area contributed by atoms with Crippen molar-refractivity contribution in [3.8, 4) is 0 Å². The monoisotopic (exact) mass is 337 g/mol. The molecule has 0 unspecified atom stereocenters. The Hall–Kier alpha value is -0.340. The summed E-state index contributed by atoms with van der Waals surface area (Å²) in [7, 11) is 0. The molecule has 0 aliphatic carbocycles. The molecule has 1 aliphatic heterocycles. The van der Waals surface area contributed by atoms with Crippen molar-refractivity contribution in [3.05, 3.63) is 12.2 Å². The predicted molar refractivity (Wildman–Crippen MR) is 107 cm³/mol. The van der Waals surface area contributed by atoms with Crippen LogP contribution in [0.4, 0.5) is 0 Å². The standard InChI is InChI=1S/C22H43NO/c1-2-3-4-5-6-7-8-9-10-11-12-13-14-15-16-17-20-24-22-18-19-23-21-22/h9-10,22-23H,2-8,11-21H2,1H3/b10-9-/t22-/m0/s1. The fraction of sp³-hybridized carbons (Fsp3) is 0.909. The van der Waals surface area contributed by atoms with E-state index in [-0.39, 0.29) is 0 Å². The van der Waals surface area contributed by atoms with E-state index in [4.69, 9.17) is 4.74 Å². The molecule has 0 radical (unpaired) electrons. The van der Waals surface area contributed by atoms with Gasteiger partial charge in [0.2, 0.25) is 0 Å². The van der Waals surface area contributed by atoms with E-state index >= 15 is 0 Å². The van der Waals surface area contributed by atoms with E-state index in [1.807, 2.05) is 0 Å². The first-order valence-electron chi connectivity index (χ1n) is 10.9. The van der Waals surface area contributed by atoms with Crippen LogP contribution in [0.5, 0.6) is 0 Å². The van der Waals surface area contributed by atoms with Gasteiger partial charge >= 0.3 is 0 Å². The summed E-state index contributed by atoms with van der Waals surface area (Å²) in [5, 5.41) is 3.35. The van der Waals surface area contributed by atoms with Gasteiger partial charge in [0.25, 0.3) is 0 Å². The first-order chi connectivity index (χ1) is 11.9. The second-order valence-corrected chi connectivity index (χ2v) is 7.42. The van der Waals surface area contributed by atoms with Crippen LogP contribution in [0.2, 0.25) is 0 Å². The molecule has 0 aromatic rings. The summed E-state index contributed by atoms with van der Waals surface area (Å²) in [6.45, 7) is 5.45. The second-order valence-electron chi connectivity index (χ2n) is 7.42. The van der Waals surface area contributed by atoms with Crippen molar-refractivity contribution in [3.63, 3.8) is 0 Å². The summed E-state index contributed by atoms with van der Waals surface area (Å²) < 4.78 is 5.85. The highest BCUT2D eigenvalue weighted by atomic mass is 16.5.